The van der Waals surface area contributed by atoms with Gasteiger partial charge in [-0.05, 0) is 40.5 Å². The number of methoxy groups -OCH3 is 1. The van der Waals surface area contributed by atoms with Gasteiger partial charge in [0.1, 0.15) is 5.82 Å². The van der Waals surface area contributed by atoms with Gasteiger partial charge in [0.05, 0.1) is 23.8 Å². The average Bonchev–Trinajstić information content (AvgIpc) is 2.41. The molecule has 0 fully saturated rings. The van der Waals surface area contributed by atoms with Crippen molar-refractivity contribution in [2.24, 2.45) is 0 Å². The maximum atomic E-state index is 13.2. The van der Waals surface area contributed by atoms with E-state index in [1.807, 2.05) is 13.0 Å². The summed E-state index contributed by atoms with van der Waals surface area (Å²) in [5.41, 5.74) is 0.825. The molecule has 100 valence electrons. The van der Waals surface area contributed by atoms with Gasteiger partial charge in [-0.2, -0.15) is 4.98 Å². The van der Waals surface area contributed by atoms with Gasteiger partial charge in [0.2, 0.25) is 11.8 Å². The zero-order valence-electron chi connectivity index (χ0n) is 10.5. The Morgan fingerprint density at radius 1 is 1.42 bits per heavy atom. The summed E-state index contributed by atoms with van der Waals surface area (Å²) in [4.78, 5) is 8.33. The van der Waals surface area contributed by atoms with Crippen LogP contribution in [0.2, 0.25) is 0 Å². The standard InChI is InChI=1S/C13H13BrFN3O/c1-8(9-4-3-5-10(15)6-9)17-13-16-7-11(14)12(18-13)19-2/h3-8H,1-2H3,(H,16,17,18). The van der Waals surface area contributed by atoms with E-state index in [0.717, 1.165) is 5.56 Å². The molecule has 1 aromatic heterocycles. The smallest absolute Gasteiger partial charge is 0.232 e. The molecule has 6 heteroatoms. The Kier molecular flexibility index (Phi) is 4.31. The summed E-state index contributed by atoms with van der Waals surface area (Å²) < 4.78 is 18.9. The molecule has 0 spiro atoms. The summed E-state index contributed by atoms with van der Waals surface area (Å²) >= 11 is 3.28. The summed E-state index contributed by atoms with van der Waals surface area (Å²) in [7, 11) is 1.53. The van der Waals surface area contributed by atoms with Gasteiger partial charge in [-0.3, -0.25) is 0 Å². The van der Waals surface area contributed by atoms with Crippen molar-refractivity contribution in [3.63, 3.8) is 0 Å². The quantitative estimate of drug-likeness (QED) is 0.933. The summed E-state index contributed by atoms with van der Waals surface area (Å²) in [5.74, 6) is 0.612. The number of halogens is 2. The zero-order chi connectivity index (χ0) is 13.8. The predicted octanol–water partition coefficient (Wildman–Crippen LogP) is 3.56. The van der Waals surface area contributed by atoms with Gasteiger partial charge in [0, 0.05) is 0 Å². The molecule has 0 aliphatic heterocycles. The van der Waals surface area contributed by atoms with Crippen LogP contribution in [-0.4, -0.2) is 17.1 Å². The SMILES string of the molecule is COc1nc(NC(C)c2cccc(F)c2)ncc1Br. The second kappa shape index (κ2) is 5.97. The van der Waals surface area contributed by atoms with Crippen LogP contribution in [0.4, 0.5) is 10.3 Å². The van der Waals surface area contributed by atoms with Gasteiger partial charge in [-0.15, -0.1) is 0 Å². The maximum absolute atomic E-state index is 13.2. The van der Waals surface area contributed by atoms with Crippen molar-refractivity contribution < 1.29 is 9.13 Å². The van der Waals surface area contributed by atoms with E-state index >= 15 is 0 Å². The highest BCUT2D eigenvalue weighted by Gasteiger charge is 2.10. The lowest BCUT2D eigenvalue weighted by molar-refractivity contribution is 0.394. The van der Waals surface area contributed by atoms with E-state index in [2.05, 4.69) is 31.2 Å². The van der Waals surface area contributed by atoms with Gasteiger partial charge in [-0.25, -0.2) is 9.37 Å². The fourth-order valence-electron chi connectivity index (χ4n) is 1.62. The van der Waals surface area contributed by atoms with Crippen molar-refractivity contribution in [1.29, 1.82) is 0 Å². The van der Waals surface area contributed by atoms with Crippen LogP contribution in [-0.2, 0) is 0 Å². The molecule has 0 radical (unpaired) electrons. The minimum absolute atomic E-state index is 0.110. The molecule has 0 bridgehead atoms. The van der Waals surface area contributed by atoms with Gasteiger partial charge in [0.25, 0.3) is 0 Å². The van der Waals surface area contributed by atoms with E-state index in [1.165, 1.54) is 19.2 Å². The molecule has 2 aromatic rings. The van der Waals surface area contributed by atoms with Crippen molar-refractivity contribution in [1.82, 2.24) is 9.97 Å². The highest BCUT2D eigenvalue weighted by atomic mass is 79.9. The maximum Gasteiger partial charge on any atom is 0.232 e. The average molecular weight is 326 g/mol. The summed E-state index contributed by atoms with van der Waals surface area (Å²) in [6.07, 6.45) is 1.60. The number of anilines is 1. The highest BCUT2D eigenvalue weighted by molar-refractivity contribution is 9.10. The van der Waals surface area contributed by atoms with E-state index in [1.54, 1.807) is 12.3 Å². The molecule has 1 N–H and O–H groups in total. The number of aromatic nitrogens is 2. The number of benzene rings is 1. The minimum atomic E-state index is -0.263. The second-order valence-electron chi connectivity index (χ2n) is 3.97. The van der Waals surface area contributed by atoms with Crippen molar-refractivity contribution >= 4 is 21.9 Å². The molecule has 1 heterocycles. The summed E-state index contributed by atoms with van der Waals surface area (Å²) in [6.45, 7) is 1.91. The van der Waals surface area contributed by atoms with E-state index in [-0.39, 0.29) is 11.9 Å². The van der Waals surface area contributed by atoms with Gasteiger partial charge >= 0.3 is 0 Å². The van der Waals surface area contributed by atoms with Crippen molar-refractivity contribution in [2.75, 3.05) is 12.4 Å². The third kappa shape index (κ3) is 3.41. The molecule has 0 aliphatic rings. The fraction of sp³-hybridized carbons (Fsp3) is 0.231. The molecule has 2 rings (SSSR count). The van der Waals surface area contributed by atoms with Gasteiger partial charge in [0.15, 0.2) is 0 Å². The fourth-order valence-corrected chi connectivity index (χ4v) is 1.97. The third-order valence-electron chi connectivity index (χ3n) is 2.60. The Morgan fingerprint density at radius 2 is 2.21 bits per heavy atom. The van der Waals surface area contributed by atoms with E-state index in [4.69, 9.17) is 4.74 Å². The number of hydrogen-bond donors (Lipinski definition) is 1. The van der Waals surface area contributed by atoms with Gasteiger partial charge < -0.3 is 10.1 Å². The molecule has 1 unspecified atom stereocenters. The molecule has 1 aromatic carbocycles. The van der Waals surface area contributed by atoms with Crippen molar-refractivity contribution in [3.8, 4) is 5.88 Å². The summed E-state index contributed by atoms with van der Waals surface area (Å²) in [6, 6.07) is 6.30. The van der Waals surface area contributed by atoms with Crippen LogP contribution in [0.3, 0.4) is 0 Å². The van der Waals surface area contributed by atoms with Crippen LogP contribution in [0, 0.1) is 5.82 Å². The number of hydrogen-bond acceptors (Lipinski definition) is 4. The molecule has 0 amide bonds. The van der Waals surface area contributed by atoms with Crippen LogP contribution in [0.25, 0.3) is 0 Å². The van der Waals surface area contributed by atoms with Crippen LogP contribution >= 0.6 is 15.9 Å². The van der Waals surface area contributed by atoms with E-state index in [0.29, 0.717) is 16.3 Å². The molecule has 4 nitrogen and oxygen atoms in total. The number of rotatable bonds is 4. The Bertz CT molecular complexity index is 580. The van der Waals surface area contributed by atoms with E-state index < -0.39 is 0 Å². The van der Waals surface area contributed by atoms with Crippen LogP contribution < -0.4 is 10.1 Å². The Balaban J connectivity index is 2.17. The Morgan fingerprint density at radius 3 is 2.89 bits per heavy atom. The first kappa shape index (κ1) is 13.7. The monoisotopic (exact) mass is 325 g/mol. The minimum Gasteiger partial charge on any atom is -0.480 e. The Labute approximate surface area is 119 Å². The van der Waals surface area contributed by atoms with Crippen LogP contribution in [0.15, 0.2) is 34.9 Å². The van der Waals surface area contributed by atoms with Crippen LogP contribution in [0.1, 0.15) is 18.5 Å². The molecule has 19 heavy (non-hydrogen) atoms. The number of ether oxygens (including phenoxy) is 1. The number of nitrogens with zero attached hydrogens (tertiary/aromatic N) is 2. The normalized spacial score (nSPS) is 12.0. The molecular formula is C13H13BrFN3O. The van der Waals surface area contributed by atoms with Crippen molar-refractivity contribution in [2.45, 2.75) is 13.0 Å². The molecule has 0 aliphatic carbocycles. The van der Waals surface area contributed by atoms with Crippen molar-refractivity contribution in [3.05, 3.63) is 46.3 Å². The third-order valence-corrected chi connectivity index (χ3v) is 3.14. The lowest BCUT2D eigenvalue weighted by Crippen LogP contribution is -2.10. The largest absolute Gasteiger partial charge is 0.480 e. The molecule has 0 saturated carbocycles. The zero-order valence-corrected chi connectivity index (χ0v) is 12.1. The second-order valence-corrected chi connectivity index (χ2v) is 4.83. The topological polar surface area (TPSA) is 47.0 Å². The molecule has 0 saturated heterocycles. The molecule has 1 atom stereocenters. The van der Waals surface area contributed by atoms with Gasteiger partial charge in [-0.1, -0.05) is 12.1 Å². The lowest BCUT2D eigenvalue weighted by Gasteiger charge is -2.14. The molecular weight excluding hydrogens is 313 g/mol. The number of nitrogens with one attached hydrogen (secondary N) is 1. The first-order chi connectivity index (χ1) is 9.10. The summed E-state index contributed by atoms with van der Waals surface area (Å²) in [5, 5.41) is 3.10. The first-order valence-corrected chi connectivity index (χ1v) is 6.48. The highest BCUT2D eigenvalue weighted by Crippen LogP contribution is 2.24. The van der Waals surface area contributed by atoms with Crippen LogP contribution in [0.5, 0.6) is 5.88 Å². The lowest BCUT2D eigenvalue weighted by atomic mass is 10.1. The van der Waals surface area contributed by atoms with E-state index in [9.17, 15) is 4.39 Å². The Hall–Kier alpha value is -1.69. The predicted molar refractivity (Wildman–Crippen MR) is 74.7 cm³/mol. The first-order valence-electron chi connectivity index (χ1n) is 5.68.